The van der Waals surface area contributed by atoms with E-state index in [4.69, 9.17) is 5.11 Å². The standard InChI is InChI=1S/C12H12N2O4/c1-7-8(2)14(18)6-13(7)9-3-4-10(12(16)17)11(15)5-9/h3-6,15H,1-2H3,(H,16,17). The van der Waals surface area contributed by atoms with Crippen LogP contribution in [0.2, 0.25) is 0 Å². The van der Waals surface area contributed by atoms with Gasteiger partial charge in [-0.25, -0.2) is 9.52 Å². The summed E-state index contributed by atoms with van der Waals surface area (Å²) in [7, 11) is 0. The Labute approximate surface area is 103 Å². The lowest BCUT2D eigenvalue weighted by Gasteiger charge is -2.02. The van der Waals surface area contributed by atoms with Crippen LogP contribution in [0.4, 0.5) is 0 Å². The van der Waals surface area contributed by atoms with Crippen molar-refractivity contribution >= 4 is 5.97 Å². The topological polar surface area (TPSA) is 89.4 Å². The second kappa shape index (κ2) is 4.06. The fraction of sp³-hybridized carbons (Fsp3) is 0.167. The number of carboxylic acids is 1. The molecule has 0 fully saturated rings. The van der Waals surface area contributed by atoms with Gasteiger partial charge in [0.25, 0.3) is 6.33 Å². The van der Waals surface area contributed by atoms with Crippen molar-refractivity contribution in [3.8, 4) is 11.4 Å². The Hall–Kier alpha value is -2.50. The average molecular weight is 248 g/mol. The lowest BCUT2D eigenvalue weighted by atomic mass is 10.2. The molecule has 0 aliphatic carbocycles. The second-order valence-corrected chi connectivity index (χ2v) is 3.99. The van der Waals surface area contributed by atoms with Gasteiger partial charge in [0, 0.05) is 19.9 Å². The highest BCUT2D eigenvalue weighted by atomic mass is 16.5. The number of imidazole rings is 1. The summed E-state index contributed by atoms with van der Waals surface area (Å²) in [6.07, 6.45) is 1.33. The number of benzene rings is 1. The lowest BCUT2D eigenvalue weighted by molar-refractivity contribution is -0.611. The molecule has 2 aromatic rings. The van der Waals surface area contributed by atoms with Crippen LogP contribution in [0.3, 0.4) is 0 Å². The maximum absolute atomic E-state index is 11.4. The van der Waals surface area contributed by atoms with Crippen molar-refractivity contribution in [3.63, 3.8) is 0 Å². The van der Waals surface area contributed by atoms with Crippen LogP contribution in [-0.2, 0) is 0 Å². The van der Waals surface area contributed by atoms with Crippen LogP contribution < -0.4 is 4.73 Å². The molecule has 0 unspecified atom stereocenters. The molecule has 1 heterocycles. The number of aromatic hydroxyl groups is 1. The molecule has 0 radical (unpaired) electrons. The molecule has 94 valence electrons. The minimum absolute atomic E-state index is 0.171. The third-order valence-corrected chi connectivity index (χ3v) is 2.93. The Morgan fingerprint density at radius 3 is 2.50 bits per heavy atom. The average Bonchev–Trinajstić information content (AvgIpc) is 2.56. The number of carboxylic acid groups (broad SMARTS) is 1. The number of hydrogen-bond acceptors (Lipinski definition) is 3. The lowest BCUT2D eigenvalue weighted by Crippen LogP contribution is -2.26. The largest absolute Gasteiger partial charge is 0.711 e. The van der Waals surface area contributed by atoms with Gasteiger partial charge in [-0.05, 0) is 12.1 Å². The minimum atomic E-state index is -1.20. The maximum Gasteiger partial charge on any atom is 0.339 e. The van der Waals surface area contributed by atoms with Crippen molar-refractivity contribution in [1.82, 2.24) is 4.57 Å². The molecule has 1 aromatic carbocycles. The van der Waals surface area contributed by atoms with E-state index in [1.54, 1.807) is 18.4 Å². The fourth-order valence-corrected chi connectivity index (χ4v) is 1.72. The molecule has 0 spiro atoms. The summed E-state index contributed by atoms with van der Waals surface area (Å²) in [5.74, 6) is -1.53. The predicted molar refractivity (Wildman–Crippen MR) is 62.8 cm³/mol. The molecule has 1 aromatic heterocycles. The zero-order valence-electron chi connectivity index (χ0n) is 9.91. The Kier molecular flexibility index (Phi) is 2.70. The first kappa shape index (κ1) is 12.0. The summed E-state index contributed by atoms with van der Waals surface area (Å²) >= 11 is 0. The van der Waals surface area contributed by atoms with Gasteiger partial charge in [0.05, 0.1) is 0 Å². The van der Waals surface area contributed by atoms with Gasteiger partial charge in [0.1, 0.15) is 28.4 Å². The highest BCUT2D eigenvalue weighted by Crippen LogP contribution is 2.22. The van der Waals surface area contributed by atoms with Gasteiger partial charge in [-0.2, -0.15) is 4.57 Å². The van der Waals surface area contributed by atoms with Crippen LogP contribution >= 0.6 is 0 Å². The van der Waals surface area contributed by atoms with Gasteiger partial charge in [-0.15, -0.1) is 0 Å². The van der Waals surface area contributed by atoms with E-state index in [2.05, 4.69) is 0 Å². The summed E-state index contributed by atoms with van der Waals surface area (Å²) in [6.45, 7) is 3.45. The van der Waals surface area contributed by atoms with E-state index >= 15 is 0 Å². The van der Waals surface area contributed by atoms with Crippen LogP contribution in [0.1, 0.15) is 21.7 Å². The monoisotopic (exact) mass is 248 g/mol. The zero-order valence-corrected chi connectivity index (χ0v) is 9.91. The predicted octanol–water partition coefficient (Wildman–Crippen LogP) is 1.13. The molecule has 6 nitrogen and oxygen atoms in total. The maximum atomic E-state index is 11.4. The van der Waals surface area contributed by atoms with E-state index in [-0.39, 0.29) is 11.3 Å². The van der Waals surface area contributed by atoms with Crippen LogP contribution in [0.15, 0.2) is 24.5 Å². The van der Waals surface area contributed by atoms with Crippen LogP contribution in [0, 0.1) is 19.1 Å². The van der Waals surface area contributed by atoms with E-state index in [0.717, 1.165) is 10.4 Å². The van der Waals surface area contributed by atoms with Gasteiger partial charge in [-0.3, -0.25) is 0 Å². The number of phenols is 1. The van der Waals surface area contributed by atoms with Gasteiger partial charge >= 0.3 is 5.97 Å². The first-order valence-electron chi connectivity index (χ1n) is 5.26. The Bertz CT molecular complexity index is 631. The Balaban J connectivity index is 2.55. The van der Waals surface area contributed by atoms with E-state index in [1.807, 2.05) is 0 Å². The number of aromatic carboxylic acids is 1. The molecule has 0 saturated carbocycles. The summed E-state index contributed by atoms with van der Waals surface area (Å²) in [6, 6.07) is 4.16. The summed E-state index contributed by atoms with van der Waals surface area (Å²) in [5.41, 5.74) is 1.65. The first-order chi connectivity index (χ1) is 8.41. The fourth-order valence-electron chi connectivity index (χ4n) is 1.72. The van der Waals surface area contributed by atoms with E-state index < -0.39 is 5.97 Å². The summed E-state index contributed by atoms with van der Waals surface area (Å²) in [5, 5.41) is 29.9. The number of nitrogens with zero attached hydrogens (tertiary/aromatic N) is 2. The van der Waals surface area contributed by atoms with Gasteiger partial charge in [-0.1, -0.05) is 0 Å². The molecular formula is C12H12N2O4. The highest BCUT2D eigenvalue weighted by molar-refractivity contribution is 5.91. The number of carbonyl (C=O) groups is 1. The van der Waals surface area contributed by atoms with Crippen molar-refractivity contribution in [2.75, 3.05) is 0 Å². The molecule has 2 rings (SSSR count). The van der Waals surface area contributed by atoms with E-state index in [9.17, 15) is 15.1 Å². The van der Waals surface area contributed by atoms with Gasteiger partial charge < -0.3 is 15.4 Å². The third-order valence-electron chi connectivity index (χ3n) is 2.93. The molecule has 0 aliphatic heterocycles. The van der Waals surface area contributed by atoms with Crippen LogP contribution in [0.25, 0.3) is 5.69 Å². The van der Waals surface area contributed by atoms with E-state index in [1.165, 1.54) is 24.5 Å². The smallest absolute Gasteiger partial charge is 0.339 e. The molecule has 18 heavy (non-hydrogen) atoms. The molecule has 0 atom stereocenters. The molecule has 0 saturated heterocycles. The molecule has 6 heteroatoms. The van der Waals surface area contributed by atoms with Gasteiger partial charge in [0.15, 0.2) is 0 Å². The van der Waals surface area contributed by atoms with E-state index in [0.29, 0.717) is 11.4 Å². The van der Waals surface area contributed by atoms with Crippen molar-refractivity contribution in [2.45, 2.75) is 13.8 Å². The number of aromatic nitrogens is 2. The SMILES string of the molecule is Cc1c(C)[n+]([O-])cn1-c1ccc(C(=O)O)c(O)c1. The molecular weight excluding hydrogens is 236 g/mol. The Morgan fingerprint density at radius 2 is 2.06 bits per heavy atom. The number of rotatable bonds is 2. The van der Waals surface area contributed by atoms with Gasteiger partial charge in [0.2, 0.25) is 0 Å². The van der Waals surface area contributed by atoms with Crippen molar-refractivity contribution in [1.29, 1.82) is 0 Å². The minimum Gasteiger partial charge on any atom is -0.711 e. The van der Waals surface area contributed by atoms with Crippen LogP contribution in [0.5, 0.6) is 5.75 Å². The molecule has 2 N–H and O–H groups in total. The summed E-state index contributed by atoms with van der Waals surface area (Å²) in [4.78, 5) is 10.8. The van der Waals surface area contributed by atoms with Crippen molar-refractivity contribution in [3.05, 3.63) is 46.7 Å². The second-order valence-electron chi connectivity index (χ2n) is 3.99. The third kappa shape index (κ3) is 1.77. The Morgan fingerprint density at radius 1 is 1.39 bits per heavy atom. The van der Waals surface area contributed by atoms with Crippen LogP contribution in [-0.4, -0.2) is 20.7 Å². The number of hydrogen-bond donors (Lipinski definition) is 2. The quantitative estimate of drug-likeness (QED) is 0.615. The van der Waals surface area contributed by atoms with Crippen molar-refractivity contribution < 1.29 is 19.7 Å². The normalized spacial score (nSPS) is 10.6. The molecule has 0 bridgehead atoms. The van der Waals surface area contributed by atoms with Crippen molar-refractivity contribution in [2.24, 2.45) is 0 Å². The zero-order chi connectivity index (χ0) is 13.4. The highest BCUT2D eigenvalue weighted by Gasteiger charge is 2.17. The molecule has 0 aliphatic rings. The summed E-state index contributed by atoms with van der Waals surface area (Å²) < 4.78 is 2.31. The molecule has 0 amide bonds. The first-order valence-corrected chi connectivity index (χ1v) is 5.26.